The fourth-order valence-corrected chi connectivity index (χ4v) is 2.13. The highest BCUT2D eigenvalue weighted by Gasteiger charge is 2.28. The lowest BCUT2D eigenvalue weighted by Gasteiger charge is -2.16. The smallest absolute Gasteiger partial charge is 0.307 e. The van der Waals surface area contributed by atoms with E-state index in [9.17, 15) is 23.7 Å². The minimum Gasteiger partial charge on any atom is -0.338 e. The monoisotopic (exact) mass is 270 g/mol. The molecule has 1 heterocycles. The van der Waals surface area contributed by atoms with Gasteiger partial charge in [0, 0.05) is 13.1 Å². The molecule has 1 aliphatic heterocycles. The molecule has 0 N–H and O–H groups in total. The summed E-state index contributed by atoms with van der Waals surface area (Å²) >= 11 is 0. The van der Waals surface area contributed by atoms with Crippen LogP contribution in [0.15, 0.2) is 12.1 Å². The van der Waals surface area contributed by atoms with Crippen molar-refractivity contribution in [2.24, 2.45) is 5.92 Å². The molecule has 0 aliphatic carbocycles. The van der Waals surface area contributed by atoms with E-state index in [0.717, 1.165) is 6.42 Å². The molecule has 1 aromatic rings. The van der Waals surface area contributed by atoms with Crippen LogP contribution in [0.5, 0.6) is 0 Å². The maximum atomic E-state index is 13.7. The topological polar surface area (TPSA) is 63.5 Å². The number of nitro groups is 1. The summed E-state index contributed by atoms with van der Waals surface area (Å²) in [6.45, 7) is 2.93. The molecule has 1 aromatic carbocycles. The molecule has 2 rings (SSSR count). The van der Waals surface area contributed by atoms with Gasteiger partial charge in [0.2, 0.25) is 5.82 Å². The zero-order valence-electron chi connectivity index (χ0n) is 10.2. The van der Waals surface area contributed by atoms with Crippen LogP contribution in [0.25, 0.3) is 0 Å². The minimum absolute atomic E-state index is 0.315. The van der Waals surface area contributed by atoms with E-state index in [1.165, 1.54) is 4.90 Å². The SMILES string of the molecule is CC1CCN(C(=O)c2cc(F)c([N+](=O)[O-])cc2F)C1. The van der Waals surface area contributed by atoms with Gasteiger partial charge in [-0.25, -0.2) is 4.39 Å². The van der Waals surface area contributed by atoms with Gasteiger partial charge < -0.3 is 4.90 Å². The van der Waals surface area contributed by atoms with Crippen LogP contribution in [0.3, 0.4) is 0 Å². The quantitative estimate of drug-likeness (QED) is 0.612. The summed E-state index contributed by atoms with van der Waals surface area (Å²) < 4.78 is 27.1. The molecular weight excluding hydrogens is 258 g/mol. The summed E-state index contributed by atoms with van der Waals surface area (Å²) in [5.41, 5.74) is -1.43. The lowest BCUT2D eigenvalue weighted by molar-refractivity contribution is -0.387. The first kappa shape index (κ1) is 13.4. The number of carbonyl (C=O) groups excluding carboxylic acids is 1. The molecule has 1 fully saturated rings. The molecule has 1 unspecified atom stereocenters. The fraction of sp³-hybridized carbons (Fsp3) is 0.417. The normalized spacial score (nSPS) is 18.7. The molecule has 19 heavy (non-hydrogen) atoms. The molecule has 102 valence electrons. The number of rotatable bonds is 2. The number of nitrogens with zero attached hydrogens (tertiary/aromatic N) is 2. The van der Waals surface area contributed by atoms with Crippen LogP contribution in [0.2, 0.25) is 0 Å². The van der Waals surface area contributed by atoms with Crippen LogP contribution in [0.1, 0.15) is 23.7 Å². The van der Waals surface area contributed by atoms with Crippen molar-refractivity contribution in [2.45, 2.75) is 13.3 Å². The summed E-state index contributed by atoms with van der Waals surface area (Å²) in [5.74, 6) is -2.59. The molecule has 0 radical (unpaired) electrons. The number of halogens is 2. The molecule has 0 spiro atoms. The highest BCUT2D eigenvalue weighted by atomic mass is 19.1. The Balaban J connectivity index is 2.33. The van der Waals surface area contributed by atoms with E-state index >= 15 is 0 Å². The number of hydrogen-bond donors (Lipinski definition) is 0. The van der Waals surface area contributed by atoms with Crippen LogP contribution in [0, 0.1) is 27.7 Å². The van der Waals surface area contributed by atoms with E-state index in [0.29, 0.717) is 31.1 Å². The van der Waals surface area contributed by atoms with Crippen LogP contribution in [0.4, 0.5) is 14.5 Å². The summed E-state index contributed by atoms with van der Waals surface area (Å²) in [6.07, 6.45) is 0.808. The summed E-state index contributed by atoms with van der Waals surface area (Å²) in [7, 11) is 0. The fourth-order valence-electron chi connectivity index (χ4n) is 2.13. The summed E-state index contributed by atoms with van der Waals surface area (Å²) in [6, 6.07) is 1.04. The van der Waals surface area contributed by atoms with Crippen LogP contribution in [-0.2, 0) is 0 Å². The lowest BCUT2D eigenvalue weighted by Crippen LogP contribution is -2.29. The van der Waals surface area contributed by atoms with Crippen molar-refractivity contribution in [1.82, 2.24) is 4.90 Å². The lowest BCUT2D eigenvalue weighted by atomic mass is 10.1. The van der Waals surface area contributed by atoms with Crippen molar-refractivity contribution in [2.75, 3.05) is 13.1 Å². The minimum atomic E-state index is -1.21. The highest BCUT2D eigenvalue weighted by molar-refractivity contribution is 5.95. The molecule has 0 bridgehead atoms. The average Bonchev–Trinajstić information content (AvgIpc) is 2.77. The van der Waals surface area contributed by atoms with E-state index in [1.807, 2.05) is 6.92 Å². The zero-order valence-corrected chi connectivity index (χ0v) is 10.2. The second kappa shape index (κ2) is 4.91. The average molecular weight is 270 g/mol. The predicted molar refractivity (Wildman–Crippen MR) is 62.7 cm³/mol. The number of likely N-dealkylation sites (tertiary alicyclic amines) is 1. The largest absolute Gasteiger partial charge is 0.338 e. The van der Waals surface area contributed by atoms with Gasteiger partial charge in [0.25, 0.3) is 5.91 Å². The third-order valence-electron chi connectivity index (χ3n) is 3.17. The summed E-state index contributed by atoms with van der Waals surface area (Å²) in [5, 5.41) is 10.5. The second-order valence-electron chi connectivity index (χ2n) is 4.69. The maximum Gasteiger partial charge on any atom is 0.307 e. The molecule has 5 nitrogen and oxygen atoms in total. The Bertz CT molecular complexity index is 548. The molecule has 0 aromatic heterocycles. The first-order valence-electron chi connectivity index (χ1n) is 5.83. The standard InChI is InChI=1S/C12H12F2N2O3/c1-7-2-3-15(6-7)12(17)8-4-10(14)11(16(18)19)5-9(8)13/h4-5,7H,2-3,6H2,1H3. The molecule has 7 heteroatoms. The van der Waals surface area contributed by atoms with Crippen molar-refractivity contribution >= 4 is 11.6 Å². The molecule has 1 saturated heterocycles. The highest BCUT2D eigenvalue weighted by Crippen LogP contribution is 2.24. The van der Waals surface area contributed by atoms with E-state index in [4.69, 9.17) is 0 Å². The molecular formula is C12H12F2N2O3. The Morgan fingerprint density at radius 1 is 1.42 bits per heavy atom. The molecule has 1 aliphatic rings. The second-order valence-corrected chi connectivity index (χ2v) is 4.69. The van der Waals surface area contributed by atoms with Crippen molar-refractivity contribution < 1.29 is 18.5 Å². The van der Waals surface area contributed by atoms with Gasteiger partial charge in [-0.05, 0) is 18.4 Å². The first-order valence-corrected chi connectivity index (χ1v) is 5.83. The van der Waals surface area contributed by atoms with Gasteiger partial charge in [-0.3, -0.25) is 14.9 Å². The van der Waals surface area contributed by atoms with Crippen LogP contribution < -0.4 is 0 Å². The van der Waals surface area contributed by atoms with Gasteiger partial charge in [-0.1, -0.05) is 6.92 Å². The summed E-state index contributed by atoms with van der Waals surface area (Å²) in [4.78, 5) is 22.9. The van der Waals surface area contributed by atoms with Gasteiger partial charge in [0.1, 0.15) is 5.82 Å². The third-order valence-corrected chi connectivity index (χ3v) is 3.17. The number of hydrogen-bond acceptors (Lipinski definition) is 3. The molecule has 1 amide bonds. The maximum absolute atomic E-state index is 13.7. The van der Waals surface area contributed by atoms with E-state index in [2.05, 4.69) is 0 Å². The van der Waals surface area contributed by atoms with E-state index in [1.54, 1.807) is 0 Å². The van der Waals surface area contributed by atoms with Gasteiger partial charge in [0.15, 0.2) is 0 Å². The van der Waals surface area contributed by atoms with Gasteiger partial charge in [0.05, 0.1) is 16.6 Å². The van der Waals surface area contributed by atoms with Crippen molar-refractivity contribution in [3.63, 3.8) is 0 Å². The van der Waals surface area contributed by atoms with Crippen molar-refractivity contribution in [3.8, 4) is 0 Å². The Kier molecular flexibility index (Phi) is 3.46. The van der Waals surface area contributed by atoms with Gasteiger partial charge >= 0.3 is 5.69 Å². The number of carbonyl (C=O) groups is 1. The Hall–Kier alpha value is -2.05. The van der Waals surface area contributed by atoms with Crippen molar-refractivity contribution in [1.29, 1.82) is 0 Å². The Morgan fingerprint density at radius 3 is 2.63 bits per heavy atom. The first-order chi connectivity index (χ1) is 8.90. The van der Waals surface area contributed by atoms with Gasteiger partial charge in [-0.2, -0.15) is 4.39 Å². The molecule has 1 atom stereocenters. The van der Waals surface area contributed by atoms with E-state index in [-0.39, 0.29) is 0 Å². The predicted octanol–water partition coefficient (Wildman–Crippen LogP) is 2.36. The Morgan fingerprint density at radius 2 is 2.11 bits per heavy atom. The molecule has 0 saturated carbocycles. The van der Waals surface area contributed by atoms with Gasteiger partial charge in [-0.15, -0.1) is 0 Å². The van der Waals surface area contributed by atoms with Crippen molar-refractivity contribution in [3.05, 3.63) is 39.4 Å². The van der Waals surface area contributed by atoms with E-state index < -0.39 is 33.7 Å². The number of benzene rings is 1. The van der Waals surface area contributed by atoms with Crippen LogP contribution in [-0.4, -0.2) is 28.8 Å². The third kappa shape index (κ3) is 2.54. The zero-order chi connectivity index (χ0) is 14.2. The number of amides is 1. The van der Waals surface area contributed by atoms with Crippen LogP contribution >= 0.6 is 0 Å². The number of nitro benzene ring substituents is 1. The Labute approximate surface area is 108 Å².